The third-order valence-corrected chi connectivity index (χ3v) is 2.45. The molecule has 0 fully saturated rings. The number of anilines is 1. The second kappa shape index (κ2) is 4.99. The fourth-order valence-electron chi connectivity index (χ4n) is 1.09. The van der Waals surface area contributed by atoms with Gasteiger partial charge in [0, 0.05) is 13.1 Å². The number of ether oxygens (including phenoxy) is 1. The lowest BCUT2D eigenvalue weighted by Crippen LogP contribution is -2.27. The number of alkyl halides is 3. The molecule has 0 amide bonds. The molecule has 1 heterocycles. The first-order valence-corrected chi connectivity index (χ1v) is 5.51. The van der Waals surface area contributed by atoms with Crippen molar-refractivity contribution in [3.8, 4) is 5.88 Å². The fourth-order valence-corrected chi connectivity index (χ4v) is 1.09. The molecule has 0 unspecified atom stereocenters. The van der Waals surface area contributed by atoms with E-state index in [0.717, 1.165) is 6.07 Å². The van der Waals surface area contributed by atoms with E-state index in [1.807, 2.05) is 6.92 Å². The van der Waals surface area contributed by atoms with Crippen LogP contribution in [-0.4, -0.2) is 22.6 Å². The van der Waals surface area contributed by atoms with Gasteiger partial charge >= 0.3 is 6.18 Å². The molecule has 0 aliphatic rings. The number of hydrogen-bond donors (Lipinski definition) is 1. The van der Waals surface area contributed by atoms with Crippen LogP contribution >= 0.6 is 0 Å². The molecule has 4 nitrogen and oxygen atoms in total. The highest BCUT2D eigenvalue weighted by atomic mass is 19.4. The van der Waals surface area contributed by atoms with Gasteiger partial charge in [0.05, 0.1) is 0 Å². The highest BCUT2D eigenvalue weighted by Crippen LogP contribution is 2.31. The highest BCUT2D eigenvalue weighted by molar-refractivity contribution is 5.31. The molecule has 1 rings (SSSR count). The van der Waals surface area contributed by atoms with Gasteiger partial charge < -0.3 is 10.1 Å². The summed E-state index contributed by atoms with van der Waals surface area (Å²) in [7, 11) is 1.45. The van der Waals surface area contributed by atoms with Crippen LogP contribution in [-0.2, 0) is 6.18 Å². The van der Waals surface area contributed by atoms with Crippen molar-refractivity contribution in [1.82, 2.24) is 9.97 Å². The predicted molar refractivity (Wildman–Crippen MR) is 61.6 cm³/mol. The number of nitrogens with one attached hydrogen (secondary N) is 1. The Morgan fingerprint density at radius 3 is 2.33 bits per heavy atom. The molecule has 0 aliphatic carbocycles. The van der Waals surface area contributed by atoms with E-state index in [2.05, 4.69) is 15.3 Å². The third kappa shape index (κ3) is 3.75. The molecule has 0 aromatic carbocycles. The van der Waals surface area contributed by atoms with Crippen molar-refractivity contribution in [3.05, 3.63) is 11.8 Å². The molecule has 102 valence electrons. The summed E-state index contributed by atoms with van der Waals surface area (Å²) in [6.07, 6.45) is -3.88. The van der Waals surface area contributed by atoms with Gasteiger partial charge in [-0.25, -0.2) is 4.98 Å². The van der Waals surface area contributed by atoms with Gasteiger partial charge in [0.2, 0.25) is 11.8 Å². The van der Waals surface area contributed by atoms with Crippen LogP contribution in [0, 0.1) is 0 Å². The van der Waals surface area contributed by atoms with Gasteiger partial charge in [-0.3, -0.25) is 0 Å². The van der Waals surface area contributed by atoms with Crippen LogP contribution < -0.4 is 10.1 Å². The van der Waals surface area contributed by atoms with Crippen LogP contribution in [0.3, 0.4) is 0 Å². The summed E-state index contributed by atoms with van der Waals surface area (Å²) < 4.78 is 43.3. The standard InChI is InChI=1S/C11H16F3N3O/c1-5-10(2,3)18-8-6-7(11(12,13)14)16-9(15-4)17-8/h6H,5H2,1-4H3,(H,15,16,17). The Hall–Kier alpha value is -1.53. The topological polar surface area (TPSA) is 47.0 Å². The molecule has 0 bridgehead atoms. The minimum Gasteiger partial charge on any atom is -0.472 e. The number of aromatic nitrogens is 2. The summed E-state index contributed by atoms with van der Waals surface area (Å²) in [4.78, 5) is 7.21. The van der Waals surface area contributed by atoms with Crippen molar-refractivity contribution in [2.24, 2.45) is 0 Å². The Morgan fingerprint density at radius 2 is 1.89 bits per heavy atom. The Balaban J connectivity index is 3.13. The Morgan fingerprint density at radius 1 is 1.28 bits per heavy atom. The first-order chi connectivity index (χ1) is 8.18. The lowest BCUT2D eigenvalue weighted by Gasteiger charge is -2.24. The SMILES string of the molecule is CCC(C)(C)Oc1cc(C(F)(F)F)nc(NC)n1. The Kier molecular flexibility index (Phi) is 4.03. The smallest absolute Gasteiger partial charge is 0.433 e. The Bertz CT molecular complexity index is 418. The average Bonchev–Trinajstić information content (AvgIpc) is 2.27. The van der Waals surface area contributed by atoms with Crippen molar-refractivity contribution < 1.29 is 17.9 Å². The zero-order valence-corrected chi connectivity index (χ0v) is 10.7. The molecule has 0 saturated heterocycles. The molecule has 18 heavy (non-hydrogen) atoms. The second-order valence-corrected chi connectivity index (χ2v) is 4.38. The van der Waals surface area contributed by atoms with Crippen LogP contribution in [0.4, 0.5) is 19.1 Å². The van der Waals surface area contributed by atoms with E-state index in [4.69, 9.17) is 4.74 Å². The Labute approximate surface area is 104 Å². The van der Waals surface area contributed by atoms with E-state index < -0.39 is 17.5 Å². The maximum atomic E-state index is 12.6. The van der Waals surface area contributed by atoms with Gasteiger partial charge in [-0.05, 0) is 20.3 Å². The van der Waals surface area contributed by atoms with Gasteiger partial charge in [-0.2, -0.15) is 18.2 Å². The predicted octanol–water partition coefficient (Wildman–Crippen LogP) is 3.10. The van der Waals surface area contributed by atoms with Gasteiger partial charge in [0.25, 0.3) is 0 Å². The number of halogens is 3. The molecular formula is C11H16F3N3O. The van der Waals surface area contributed by atoms with E-state index >= 15 is 0 Å². The normalized spacial score (nSPS) is 12.4. The van der Waals surface area contributed by atoms with Gasteiger partial charge in [-0.1, -0.05) is 6.92 Å². The molecule has 1 N–H and O–H groups in total. The summed E-state index contributed by atoms with van der Waals surface area (Å²) in [6.45, 7) is 5.44. The lowest BCUT2D eigenvalue weighted by atomic mass is 10.1. The second-order valence-electron chi connectivity index (χ2n) is 4.38. The summed E-state index contributed by atoms with van der Waals surface area (Å²) in [5.41, 5.74) is -1.61. The lowest BCUT2D eigenvalue weighted by molar-refractivity contribution is -0.141. The van der Waals surface area contributed by atoms with Crippen LogP contribution in [0.15, 0.2) is 6.07 Å². The summed E-state index contributed by atoms with van der Waals surface area (Å²) in [5, 5.41) is 2.48. The largest absolute Gasteiger partial charge is 0.472 e. The molecule has 7 heteroatoms. The maximum Gasteiger partial charge on any atom is 0.433 e. The first-order valence-electron chi connectivity index (χ1n) is 5.51. The molecule has 0 spiro atoms. The van der Waals surface area contributed by atoms with Crippen molar-refractivity contribution in [2.45, 2.75) is 39.0 Å². The molecule has 1 aromatic heterocycles. The van der Waals surface area contributed by atoms with E-state index in [1.54, 1.807) is 13.8 Å². The molecule has 1 aromatic rings. The number of hydrogen-bond acceptors (Lipinski definition) is 4. The minimum atomic E-state index is -4.52. The third-order valence-electron chi connectivity index (χ3n) is 2.45. The molecule has 0 radical (unpaired) electrons. The number of nitrogens with zero attached hydrogens (tertiary/aromatic N) is 2. The van der Waals surface area contributed by atoms with Crippen LogP contribution in [0.5, 0.6) is 5.88 Å². The van der Waals surface area contributed by atoms with Crippen molar-refractivity contribution in [1.29, 1.82) is 0 Å². The van der Waals surface area contributed by atoms with Crippen molar-refractivity contribution >= 4 is 5.95 Å². The van der Waals surface area contributed by atoms with Crippen LogP contribution in [0.1, 0.15) is 32.9 Å². The summed E-state index contributed by atoms with van der Waals surface area (Å²) >= 11 is 0. The van der Waals surface area contributed by atoms with Crippen LogP contribution in [0.2, 0.25) is 0 Å². The molecular weight excluding hydrogens is 247 g/mol. The molecule has 0 atom stereocenters. The first kappa shape index (κ1) is 14.5. The minimum absolute atomic E-state index is 0.0893. The fraction of sp³-hybridized carbons (Fsp3) is 0.636. The average molecular weight is 263 g/mol. The quantitative estimate of drug-likeness (QED) is 0.906. The molecule has 0 saturated carbocycles. The van der Waals surface area contributed by atoms with E-state index in [-0.39, 0.29) is 11.8 Å². The van der Waals surface area contributed by atoms with Gasteiger partial charge in [-0.15, -0.1) is 0 Å². The van der Waals surface area contributed by atoms with Crippen molar-refractivity contribution in [3.63, 3.8) is 0 Å². The van der Waals surface area contributed by atoms with E-state index in [0.29, 0.717) is 6.42 Å². The molecule has 0 aliphatic heterocycles. The van der Waals surface area contributed by atoms with Crippen molar-refractivity contribution in [2.75, 3.05) is 12.4 Å². The summed E-state index contributed by atoms with van der Waals surface area (Å²) in [6, 6.07) is 0.804. The monoisotopic (exact) mass is 263 g/mol. The zero-order chi connectivity index (χ0) is 14.0. The van der Waals surface area contributed by atoms with Crippen LogP contribution in [0.25, 0.3) is 0 Å². The van der Waals surface area contributed by atoms with Gasteiger partial charge in [0.15, 0.2) is 5.69 Å². The van der Waals surface area contributed by atoms with Gasteiger partial charge in [0.1, 0.15) is 5.60 Å². The highest BCUT2D eigenvalue weighted by Gasteiger charge is 2.34. The zero-order valence-electron chi connectivity index (χ0n) is 10.7. The number of rotatable bonds is 4. The maximum absolute atomic E-state index is 12.6. The summed E-state index contributed by atoms with van der Waals surface area (Å²) in [5.74, 6) is -0.208. The van der Waals surface area contributed by atoms with E-state index in [9.17, 15) is 13.2 Å². The van der Waals surface area contributed by atoms with E-state index in [1.165, 1.54) is 7.05 Å².